The second kappa shape index (κ2) is 4.95. The van der Waals surface area contributed by atoms with E-state index in [9.17, 15) is 5.11 Å². The minimum Gasteiger partial charge on any atom is -0.389 e. The molecule has 1 aliphatic rings. The summed E-state index contributed by atoms with van der Waals surface area (Å²) < 4.78 is 5.54. The second-order valence-corrected chi connectivity index (χ2v) is 5.52. The molecular formula is C17H20O2. The van der Waals surface area contributed by atoms with E-state index in [-0.39, 0.29) is 6.10 Å². The number of fused-ring (bicyclic) bond motifs is 1. The molecule has 0 aliphatic heterocycles. The first-order chi connectivity index (χ1) is 9.20. The Bertz CT molecular complexity index is 565. The Balaban J connectivity index is 1.79. The van der Waals surface area contributed by atoms with E-state index in [1.54, 1.807) is 0 Å². The third kappa shape index (κ3) is 2.51. The summed E-state index contributed by atoms with van der Waals surface area (Å²) in [6.45, 7) is 2.73. The van der Waals surface area contributed by atoms with Gasteiger partial charge in [-0.25, -0.2) is 0 Å². The summed E-state index contributed by atoms with van der Waals surface area (Å²) >= 11 is 0. The molecule has 19 heavy (non-hydrogen) atoms. The van der Waals surface area contributed by atoms with E-state index in [0.29, 0.717) is 0 Å². The predicted molar refractivity (Wildman–Crippen MR) is 77.2 cm³/mol. The lowest BCUT2D eigenvalue weighted by Gasteiger charge is -2.43. The summed E-state index contributed by atoms with van der Waals surface area (Å²) in [5, 5.41) is 13.0. The second-order valence-electron chi connectivity index (χ2n) is 5.52. The van der Waals surface area contributed by atoms with Gasteiger partial charge in [0.05, 0.1) is 11.7 Å². The van der Waals surface area contributed by atoms with Crippen molar-refractivity contribution in [1.29, 1.82) is 0 Å². The lowest BCUT2D eigenvalue weighted by molar-refractivity contribution is -0.136. The largest absolute Gasteiger partial charge is 0.389 e. The molecule has 0 aromatic heterocycles. The third-order valence-corrected chi connectivity index (χ3v) is 4.02. The molecule has 0 heterocycles. The van der Waals surface area contributed by atoms with Crippen LogP contribution in [0.3, 0.4) is 0 Å². The number of hydrogen-bond donors (Lipinski definition) is 1. The number of ether oxygens (including phenoxy) is 1. The van der Waals surface area contributed by atoms with Crippen LogP contribution in [0.4, 0.5) is 0 Å². The van der Waals surface area contributed by atoms with Gasteiger partial charge in [-0.2, -0.15) is 0 Å². The Morgan fingerprint density at radius 2 is 1.89 bits per heavy atom. The zero-order chi connectivity index (χ0) is 13.3. The number of hydrogen-bond acceptors (Lipinski definition) is 2. The van der Waals surface area contributed by atoms with Crippen LogP contribution in [-0.2, 0) is 11.2 Å². The van der Waals surface area contributed by atoms with Gasteiger partial charge < -0.3 is 9.84 Å². The summed E-state index contributed by atoms with van der Waals surface area (Å²) in [5.41, 5.74) is 0.653. The Morgan fingerprint density at radius 1 is 1.16 bits per heavy atom. The molecule has 0 radical (unpaired) electrons. The lowest BCUT2D eigenvalue weighted by atomic mass is 9.73. The van der Waals surface area contributed by atoms with Gasteiger partial charge >= 0.3 is 0 Å². The maximum Gasteiger partial charge on any atom is 0.0737 e. The molecule has 1 saturated carbocycles. The smallest absolute Gasteiger partial charge is 0.0737 e. The number of aliphatic hydroxyl groups is 1. The molecule has 1 aliphatic carbocycles. The highest BCUT2D eigenvalue weighted by atomic mass is 16.5. The van der Waals surface area contributed by atoms with Crippen molar-refractivity contribution in [2.45, 2.75) is 37.9 Å². The van der Waals surface area contributed by atoms with Crippen LogP contribution in [0.2, 0.25) is 0 Å². The van der Waals surface area contributed by atoms with Gasteiger partial charge in [0.15, 0.2) is 0 Å². The van der Waals surface area contributed by atoms with Gasteiger partial charge in [-0.05, 0) is 23.3 Å². The average Bonchev–Trinajstić information content (AvgIpc) is 2.38. The maximum absolute atomic E-state index is 10.5. The van der Waals surface area contributed by atoms with E-state index in [1.807, 2.05) is 6.92 Å². The highest BCUT2D eigenvalue weighted by Gasteiger charge is 2.43. The van der Waals surface area contributed by atoms with Crippen LogP contribution in [0.25, 0.3) is 10.8 Å². The van der Waals surface area contributed by atoms with E-state index >= 15 is 0 Å². The van der Waals surface area contributed by atoms with Crippen molar-refractivity contribution >= 4 is 10.8 Å². The Hall–Kier alpha value is -1.38. The predicted octanol–water partition coefficient (Wildman–Crippen LogP) is 3.31. The van der Waals surface area contributed by atoms with Gasteiger partial charge in [0.25, 0.3) is 0 Å². The molecule has 100 valence electrons. The lowest BCUT2D eigenvalue weighted by Crippen LogP contribution is -2.49. The molecule has 2 aromatic carbocycles. The summed E-state index contributed by atoms with van der Waals surface area (Å²) in [5.74, 6) is 0. The van der Waals surface area contributed by atoms with Crippen LogP contribution in [0.5, 0.6) is 0 Å². The van der Waals surface area contributed by atoms with Crippen LogP contribution in [0.1, 0.15) is 25.3 Å². The Labute approximate surface area is 114 Å². The van der Waals surface area contributed by atoms with Gasteiger partial charge in [0.1, 0.15) is 0 Å². The first kappa shape index (κ1) is 12.6. The molecule has 1 N–H and O–H groups in total. The van der Waals surface area contributed by atoms with Gasteiger partial charge in [-0.1, -0.05) is 42.5 Å². The van der Waals surface area contributed by atoms with Crippen LogP contribution in [-0.4, -0.2) is 23.4 Å². The first-order valence-corrected chi connectivity index (χ1v) is 7.01. The molecule has 0 bridgehead atoms. The highest BCUT2D eigenvalue weighted by molar-refractivity contribution is 5.85. The van der Waals surface area contributed by atoms with E-state index < -0.39 is 5.60 Å². The molecule has 2 heteroatoms. The normalized spacial score (nSPS) is 26.3. The minimum absolute atomic E-state index is 0.241. The van der Waals surface area contributed by atoms with E-state index in [0.717, 1.165) is 25.9 Å². The van der Waals surface area contributed by atoms with E-state index in [1.165, 1.54) is 16.3 Å². The first-order valence-electron chi connectivity index (χ1n) is 7.01. The molecule has 0 saturated heterocycles. The van der Waals surface area contributed by atoms with Crippen LogP contribution in [0, 0.1) is 0 Å². The monoisotopic (exact) mass is 256 g/mol. The zero-order valence-electron chi connectivity index (χ0n) is 11.3. The van der Waals surface area contributed by atoms with Crippen molar-refractivity contribution in [3.05, 3.63) is 48.0 Å². The molecule has 0 spiro atoms. The molecule has 3 rings (SSSR count). The Kier molecular flexibility index (Phi) is 3.29. The van der Waals surface area contributed by atoms with E-state index in [4.69, 9.17) is 4.74 Å². The summed E-state index contributed by atoms with van der Waals surface area (Å²) in [7, 11) is 0. The number of rotatable bonds is 4. The van der Waals surface area contributed by atoms with E-state index in [2.05, 4.69) is 42.5 Å². The molecule has 0 amide bonds. The average molecular weight is 256 g/mol. The molecule has 0 atom stereocenters. The topological polar surface area (TPSA) is 29.5 Å². The highest BCUT2D eigenvalue weighted by Crippen LogP contribution is 2.38. The fourth-order valence-electron chi connectivity index (χ4n) is 3.09. The van der Waals surface area contributed by atoms with Crippen LogP contribution >= 0.6 is 0 Å². The quantitative estimate of drug-likeness (QED) is 0.909. The van der Waals surface area contributed by atoms with Gasteiger partial charge in [0.2, 0.25) is 0 Å². The van der Waals surface area contributed by atoms with Crippen molar-refractivity contribution in [1.82, 2.24) is 0 Å². The molecule has 2 nitrogen and oxygen atoms in total. The van der Waals surface area contributed by atoms with Crippen molar-refractivity contribution in [3.8, 4) is 0 Å². The zero-order valence-corrected chi connectivity index (χ0v) is 11.3. The molecule has 2 aromatic rings. The van der Waals surface area contributed by atoms with Gasteiger partial charge in [0, 0.05) is 25.9 Å². The van der Waals surface area contributed by atoms with Crippen molar-refractivity contribution in [2.24, 2.45) is 0 Å². The van der Waals surface area contributed by atoms with Crippen LogP contribution < -0.4 is 0 Å². The minimum atomic E-state index is -0.579. The molecular weight excluding hydrogens is 236 g/mol. The third-order valence-electron chi connectivity index (χ3n) is 4.02. The van der Waals surface area contributed by atoms with Crippen molar-refractivity contribution in [2.75, 3.05) is 6.61 Å². The van der Waals surface area contributed by atoms with Crippen LogP contribution in [0.15, 0.2) is 42.5 Å². The standard InChI is InChI=1S/C17H20O2/c1-2-19-15-11-17(18,12-15)10-14-8-5-7-13-6-3-4-9-16(13)14/h3-9,15,18H,2,10-12H2,1H3. The summed E-state index contributed by atoms with van der Waals surface area (Å²) in [6, 6.07) is 14.7. The summed E-state index contributed by atoms with van der Waals surface area (Å²) in [6.07, 6.45) is 2.47. The fraction of sp³-hybridized carbons (Fsp3) is 0.412. The summed E-state index contributed by atoms with van der Waals surface area (Å²) in [4.78, 5) is 0. The molecule has 0 unspecified atom stereocenters. The van der Waals surface area contributed by atoms with Gasteiger partial charge in [-0.15, -0.1) is 0 Å². The number of benzene rings is 2. The SMILES string of the molecule is CCOC1CC(O)(Cc2cccc3ccccc23)C1. The molecule has 1 fully saturated rings. The maximum atomic E-state index is 10.5. The fourth-order valence-corrected chi connectivity index (χ4v) is 3.09. The van der Waals surface area contributed by atoms with Crippen molar-refractivity contribution in [3.63, 3.8) is 0 Å². The Morgan fingerprint density at radius 3 is 2.68 bits per heavy atom. The van der Waals surface area contributed by atoms with Crippen molar-refractivity contribution < 1.29 is 9.84 Å². The van der Waals surface area contributed by atoms with Gasteiger partial charge in [-0.3, -0.25) is 0 Å².